The van der Waals surface area contributed by atoms with Gasteiger partial charge in [0.25, 0.3) is 0 Å². The molecule has 0 aromatic carbocycles. The highest BCUT2D eigenvalue weighted by Crippen LogP contribution is 2.35. The summed E-state index contributed by atoms with van der Waals surface area (Å²) >= 11 is 11.5. The van der Waals surface area contributed by atoms with E-state index in [2.05, 4.69) is 15.7 Å². The number of likely N-dealkylation sites (tertiary alicyclic amines) is 1. The van der Waals surface area contributed by atoms with Crippen molar-refractivity contribution in [1.82, 2.24) is 20.3 Å². The van der Waals surface area contributed by atoms with Gasteiger partial charge in [-0.2, -0.15) is 4.39 Å². The fourth-order valence-electron chi connectivity index (χ4n) is 3.07. The maximum absolute atomic E-state index is 13.2. The van der Waals surface area contributed by atoms with Gasteiger partial charge in [-0.05, 0) is 18.2 Å². The van der Waals surface area contributed by atoms with Gasteiger partial charge in [-0.1, -0.05) is 29.9 Å². The zero-order valence-electron chi connectivity index (χ0n) is 13.2. The van der Waals surface area contributed by atoms with Crippen LogP contribution in [0.15, 0.2) is 30.0 Å². The fourth-order valence-corrected chi connectivity index (χ4v) is 3.69. The Kier molecular flexibility index (Phi) is 4.71. The van der Waals surface area contributed by atoms with Gasteiger partial charge in [0.15, 0.2) is 0 Å². The van der Waals surface area contributed by atoms with E-state index in [9.17, 15) is 9.18 Å². The van der Waals surface area contributed by atoms with Crippen LogP contribution in [0.25, 0.3) is 0 Å². The number of alkyl halides is 1. The number of carbonyl (C=O) groups excluding carboxylic acids is 1. The minimum Gasteiger partial charge on any atom is -0.368 e. The molecule has 24 heavy (non-hydrogen) atoms. The van der Waals surface area contributed by atoms with Gasteiger partial charge >= 0.3 is 0 Å². The average molecular weight is 370 g/mol. The molecule has 1 amide bonds. The quantitative estimate of drug-likeness (QED) is 0.365. The van der Waals surface area contributed by atoms with Crippen LogP contribution in [0, 0.1) is 17.8 Å². The molecule has 1 aromatic heterocycles. The summed E-state index contributed by atoms with van der Waals surface area (Å²) in [4.78, 5) is 18.8. The Hall–Kier alpha value is -1.77. The minimum absolute atomic E-state index is 0.141. The molecule has 1 unspecified atom stereocenters. The molecule has 3 heterocycles. The molecular formula is C15H17ClFN5OS. The number of anilines is 1. The Morgan fingerprint density at radius 3 is 2.88 bits per heavy atom. The third kappa shape index (κ3) is 3.22. The first kappa shape index (κ1) is 17.1. The van der Waals surface area contributed by atoms with E-state index in [0.29, 0.717) is 11.5 Å². The number of aromatic nitrogens is 1. The summed E-state index contributed by atoms with van der Waals surface area (Å²) in [6.45, 7) is 0.606. The number of nitrogens with one attached hydrogen (secondary N) is 2. The molecule has 128 valence electrons. The second kappa shape index (κ2) is 6.62. The van der Waals surface area contributed by atoms with Gasteiger partial charge < -0.3 is 15.2 Å². The Labute approximate surface area is 149 Å². The van der Waals surface area contributed by atoms with Gasteiger partial charge in [-0.3, -0.25) is 4.79 Å². The Morgan fingerprint density at radius 1 is 1.50 bits per heavy atom. The predicted octanol–water partition coefficient (Wildman–Crippen LogP) is 1.56. The summed E-state index contributed by atoms with van der Waals surface area (Å²) < 4.78 is 13.2. The zero-order chi connectivity index (χ0) is 17.4. The molecule has 0 aliphatic carbocycles. The van der Waals surface area contributed by atoms with Crippen molar-refractivity contribution >= 4 is 40.5 Å². The van der Waals surface area contributed by atoms with Crippen LogP contribution in [0.2, 0.25) is 0 Å². The van der Waals surface area contributed by atoms with E-state index in [1.807, 2.05) is 30.1 Å². The monoisotopic (exact) mass is 369 g/mol. The van der Waals surface area contributed by atoms with Crippen molar-refractivity contribution in [3.8, 4) is 0 Å². The van der Waals surface area contributed by atoms with Crippen LogP contribution in [0.3, 0.4) is 0 Å². The van der Waals surface area contributed by atoms with Crippen molar-refractivity contribution < 1.29 is 9.18 Å². The van der Waals surface area contributed by atoms with Gasteiger partial charge in [0.05, 0.1) is 10.9 Å². The van der Waals surface area contributed by atoms with E-state index < -0.39 is 11.9 Å². The number of pyridine rings is 1. The van der Waals surface area contributed by atoms with E-state index in [-0.39, 0.29) is 23.1 Å². The maximum atomic E-state index is 13.2. The smallest absolute Gasteiger partial charge is 0.236 e. The molecule has 3 rings (SSSR count). The first-order valence-electron chi connectivity index (χ1n) is 7.41. The highest BCUT2D eigenvalue weighted by atomic mass is 35.5. The highest BCUT2D eigenvalue weighted by Gasteiger charge is 2.44. The second-order valence-corrected chi connectivity index (χ2v) is 6.71. The standard InChI is InChI=1S/C15H17ClFN5OS/c1-21-7-8(9-6-10(16)20-22(9)2)13(15(21)24)14(23)19-12-5-3-4-11(17)18-12/h3-6,8,10,13,20H,7H2,1-2H3,(H,18,19,23)/t8-,10?,13+/m1/s1. The van der Waals surface area contributed by atoms with Crippen LogP contribution in [0.1, 0.15) is 0 Å². The second-order valence-electron chi connectivity index (χ2n) is 5.82. The van der Waals surface area contributed by atoms with Gasteiger partial charge in [-0.15, -0.1) is 0 Å². The van der Waals surface area contributed by atoms with Crippen molar-refractivity contribution in [3.63, 3.8) is 0 Å². The van der Waals surface area contributed by atoms with Gasteiger partial charge in [-0.25, -0.2) is 10.4 Å². The lowest BCUT2D eigenvalue weighted by Crippen LogP contribution is -2.37. The molecule has 3 atom stereocenters. The summed E-state index contributed by atoms with van der Waals surface area (Å²) in [5, 5.41) is 4.46. The van der Waals surface area contributed by atoms with Crippen molar-refractivity contribution in [1.29, 1.82) is 0 Å². The summed E-state index contributed by atoms with van der Waals surface area (Å²) in [7, 11) is 3.70. The number of thiocarbonyl (C=S) groups is 1. The van der Waals surface area contributed by atoms with Crippen molar-refractivity contribution in [2.45, 2.75) is 5.50 Å². The van der Waals surface area contributed by atoms with E-state index in [1.54, 1.807) is 0 Å². The summed E-state index contributed by atoms with van der Waals surface area (Å²) in [6.07, 6.45) is 1.87. The van der Waals surface area contributed by atoms with E-state index in [0.717, 1.165) is 5.70 Å². The van der Waals surface area contributed by atoms with Crippen LogP contribution < -0.4 is 10.7 Å². The predicted molar refractivity (Wildman–Crippen MR) is 93.7 cm³/mol. The normalized spacial score (nSPS) is 26.8. The Balaban J connectivity index is 1.84. The van der Waals surface area contributed by atoms with Crippen LogP contribution >= 0.6 is 23.8 Å². The molecule has 9 heteroatoms. The third-order valence-electron chi connectivity index (χ3n) is 4.17. The summed E-state index contributed by atoms with van der Waals surface area (Å²) in [5.41, 5.74) is 3.63. The van der Waals surface area contributed by atoms with E-state index >= 15 is 0 Å². The molecule has 0 bridgehead atoms. The molecule has 0 radical (unpaired) electrons. The molecule has 1 fully saturated rings. The van der Waals surface area contributed by atoms with Crippen molar-refractivity contribution in [3.05, 3.63) is 35.9 Å². The summed E-state index contributed by atoms with van der Waals surface area (Å²) in [5.74, 6) is -1.48. The van der Waals surface area contributed by atoms with Crippen LogP contribution in [0.4, 0.5) is 10.2 Å². The minimum atomic E-state index is -0.650. The lowest BCUT2D eigenvalue weighted by molar-refractivity contribution is -0.118. The molecule has 1 saturated heterocycles. The fraction of sp³-hybridized carbons (Fsp3) is 0.400. The molecule has 2 aliphatic rings. The van der Waals surface area contributed by atoms with E-state index in [4.69, 9.17) is 23.8 Å². The lowest BCUT2D eigenvalue weighted by atomic mass is 9.91. The first-order chi connectivity index (χ1) is 11.4. The topological polar surface area (TPSA) is 60.5 Å². The molecule has 2 aliphatic heterocycles. The average Bonchev–Trinajstić information content (AvgIpc) is 2.98. The van der Waals surface area contributed by atoms with Crippen molar-refractivity contribution in [2.75, 3.05) is 26.0 Å². The van der Waals surface area contributed by atoms with Gasteiger partial charge in [0.2, 0.25) is 11.9 Å². The van der Waals surface area contributed by atoms with Crippen LogP contribution in [0.5, 0.6) is 0 Å². The van der Waals surface area contributed by atoms with Crippen LogP contribution in [-0.4, -0.2) is 51.9 Å². The SMILES string of the molecule is CN1C[C@H](C2=CC(Cl)NN2C)[C@@H](C(=O)Nc2cccc(F)n2)C1=S. The number of hydrogen-bond donors (Lipinski definition) is 2. The number of rotatable bonds is 3. The zero-order valence-corrected chi connectivity index (χ0v) is 14.7. The maximum Gasteiger partial charge on any atom is 0.236 e. The summed E-state index contributed by atoms with van der Waals surface area (Å²) in [6, 6.07) is 4.25. The molecule has 2 N–H and O–H groups in total. The van der Waals surface area contributed by atoms with Crippen LogP contribution in [-0.2, 0) is 4.79 Å². The number of nitrogens with zero attached hydrogens (tertiary/aromatic N) is 3. The third-order valence-corrected chi connectivity index (χ3v) is 4.95. The number of hydrogen-bond acceptors (Lipinski definition) is 5. The Bertz CT molecular complexity index is 715. The molecule has 6 nitrogen and oxygen atoms in total. The molecular weight excluding hydrogens is 353 g/mol. The number of hydrazine groups is 1. The molecule has 0 saturated carbocycles. The van der Waals surface area contributed by atoms with Gasteiger partial charge in [0.1, 0.15) is 11.3 Å². The molecule has 1 aromatic rings. The Morgan fingerprint density at radius 2 is 2.25 bits per heavy atom. The number of carbonyl (C=O) groups is 1. The number of amides is 1. The van der Waals surface area contributed by atoms with E-state index in [1.165, 1.54) is 18.2 Å². The number of halogens is 2. The van der Waals surface area contributed by atoms with Crippen molar-refractivity contribution in [2.24, 2.45) is 11.8 Å². The molecule has 0 spiro atoms. The first-order valence-corrected chi connectivity index (χ1v) is 8.25. The lowest BCUT2D eigenvalue weighted by Gasteiger charge is -2.24. The largest absolute Gasteiger partial charge is 0.368 e. The highest BCUT2D eigenvalue weighted by molar-refractivity contribution is 7.80. The van der Waals surface area contributed by atoms with Gasteiger partial charge in [0, 0.05) is 32.3 Å².